The Balaban J connectivity index is 1.78. The lowest BCUT2D eigenvalue weighted by atomic mass is 10.1. The Morgan fingerprint density at radius 1 is 1.12 bits per heavy atom. The predicted molar refractivity (Wildman–Crippen MR) is 67.1 cm³/mol. The highest BCUT2D eigenvalue weighted by Crippen LogP contribution is 2.43. The average Bonchev–Trinajstić information content (AvgIpc) is 2.94. The largest absolute Gasteiger partial charge is 0.328 e. The zero-order chi connectivity index (χ0) is 11.2. The van der Waals surface area contributed by atoms with Crippen molar-refractivity contribution in [3.8, 4) is 0 Å². The molecule has 2 saturated carbocycles. The molecule has 0 aromatic carbocycles. The van der Waals surface area contributed by atoms with Crippen LogP contribution in [-0.2, 0) is 13.0 Å². The molecule has 3 aliphatic rings. The third kappa shape index (κ3) is 1.63. The van der Waals surface area contributed by atoms with Crippen LogP contribution in [0.5, 0.6) is 0 Å². The highest BCUT2D eigenvalue weighted by atomic mass is 15.2. The predicted octanol–water partition coefficient (Wildman–Crippen LogP) is 2.52. The van der Waals surface area contributed by atoms with Crippen molar-refractivity contribution in [3.05, 3.63) is 17.2 Å². The molecule has 0 radical (unpaired) electrons. The van der Waals surface area contributed by atoms with Gasteiger partial charge in [-0.25, -0.2) is 4.98 Å². The first-order valence-electron chi connectivity index (χ1n) is 7.24. The lowest BCUT2D eigenvalue weighted by Gasteiger charge is -2.17. The Morgan fingerprint density at radius 2 is 1.94 bits per heavy atom. The molecule has 0 atom stereocenters. The zero-order valence-corrected chi connectivity index (χ0v) is 10.4. The molecule has 0 amide bonds. The van der Waals surface area contributed by atoms with E-state index in [2.05, 4.69) is 9.88 Å². The number of nitrogens with zero attached hydrogens (tertiary/aromatic N) is 2. The minimum atomic E-state index is 0.765. The molecule has 1 aromatic rings. The van der Waals surface area contributed by atoms with Gasteiger partial charge in [-0.3, -0.25) is 0 Å². The van der Waals surface area contributed by atoms with Crippen LogP contribution in [-0.4, -0.2) is 16.1 Å². The molecule has 3 heteroatoms. The maximum absolute atomic E-state index is 4.99. The Labute approximate surface area is 103 Å². The van der Waals surface area contributed by atoms with Gasteiger partial charge in [-0.2, -0.15) is 0 Å². The monoisotopic (exact) mass is 231 g/mol. The van der Waals surface area contributed by atoms with Crippen LogP contribution in [0, 0.1) is 0 Å². The molecule has 1 aliphatic heterocycles. The van der Waals surface area contributed by atoms with Crippen molar-refractivity contribution in [2.45, 2.75) is 63.5 Å². The van der Waals surface area contributed by atoms with Crippen LogP contribution in [0.15, 0.2) is 0 Å². The molecular formula is C14H21N3. The van der Waals surface area contributed by atoms with Gasteiger partial charge in [-0.15, -0.1) is 0 Å². The lowest BCUT2D eigenvalue weighted by Crippen LogP contribution is -2.25. The summed E-state index contributed by atoms with van der Waals surface area (Å²) in [4.78, 5) is 4.99. The Kier molecular flexibility index (Phi) is 2.29. The van der Waals surface area contributed by atoms with Crippen molar-refractivity contribution >= 4 is 0 Å². The van der Waals surface area contributed by atoms with Crippen molar-refractivity contribution < 1.29 is 0 Å². The number of aromatic nitrogens is 2. The van der Waals surface area contributed by atoms with E-state index < -0.39 is 0 Å². The van der Waals surface area contributed by atoms with E-state index in [-0.39, 0.29) is 0 Å². The number of hydrogen-bond acceptors (Lipinski definition) is 2. The van der Waals surface area contributed by atoms with Gasteiger partial charge in [-0.1, -0.05) is 12.8 Å². The SMILES string of the molecule is C1CCC(c2nc3c(n2C2CC2)CCNC3)C1. The van der Waals surface area contributed by atoms with Gasteiger partial charge in [0.2, 0.25) is 0 Å². The second kappa shape index (κ2) is 3.84. The fourth-order valence-corrected chi connectivity index (χ4v) is 3.57. The molecule has 2 aliphatic carbocycles. The number of nitrogens with one attached hydrogen (secondary N) is 1. The molecule has 92 valence electrons. The third-order valence-corrected chi connectivity index (χ3v) is 4.58. The van der Waals surface area contributed by atoms with Gasteiger partial charge < -0.3 is 9.88 Å². The molecule has 0 unspecified atom stereocenters. The molecule has 1 N–H and O–H groups in total. The van der Waals surface area contributed by atoms with Gasteiger partial charge in [0.05, 0.1) is 5.69 Å². The van der Waals surface area contributed by atoms with Gasteiger partial charge in [-0.05, 0) is 25.7 Å². The quantitative estimate of drug-likeness (QED) is 0.847. The van der Waals surface area contributed by atoms with Crippen molar-refractivity contribution in [2.24, 2.45) is 0 Å². The number of fused-ring (bicyclic) bond motifs is 1. The molecule has 2 heterocycles. The van der Waals surface area contributed by atoms with Gasteiger partial charge in [0.25, 0.3) is 0 Å². The van der Waals surface area contributed by atoms with E-state index in [1.165, 1.54) is 56.5 Å². The minimum absolute atomic E-state index is 0.765. The Hall–Kier alpha value is -0.830. The van der Waals surface area contributed by atoms with E-state index in [9.17, 15) is 0 Å². The first-order chi connectivity index (χ1) is 8.43. The van der Waals surface area contributed by atoms with E-state index in [0.717, 1.165) is 25.0 Å². The van der Waals surface area contributed by atoms with Gasteiger partial charge in [0.15, 0.2) is 0 Å². The number of rotatable bonds is 2. The fourth-order valence-electron chi connectivity index (χ4n) is 3.57. The molecule has 0 bridgehead atoms. The van der Waals surface area contributed by atoms with Gasteiger partial charge in [0.1, 0.15) is 5.82 Å². The number of hydrogen-bond donors (Lipinski definition) is 1. The summed E-state index contributed by atoms with van der Waals surface area (Å²) >= 11 is 0. The topological polar surface area (TPSA) is 29.9 Å². The third-order valence-electron chi connectivity index (χ3n) is 4.58. The van der Waals surface area contributed by atoms with Gasteiger partial charge in [0, 0.05) is 37.2 Å². The molecule has 1 aromatic heterocycles. The van der Waals surface area contributed by atoms with Crippen LogP contribution < -0.4 is 5.32 Å². The fraction of sp³-hybridized carbons (Fsp3) is 0.786. The van der Waals surface area contributed by atoms with Crippen LogP contribution in [0.4, 0.5) is 0 Å². The molecular weight excluding hydrogens is 210 g/mol. The van der Waals surface area contributed by atoms with Crippen LogP contribution in [0.2, 0.25) is 0 Å². The van der Waals surface area contributed by atoms with E-state index in [1.807, 2.05) is 0 Å². The maximum Gasteiger partial charge on any atom is 0.112 e. The van der Waals surface area contributed by atoms with Crippen molar-refractivity contribution in [3.63, 3.8) is 0 Å². The zero-order valence-electron chi connectivity index (χ0n) is 10.4. The second-order valence-electron chi connectivity index (χ2n) is 5.87. The summed E-state index contributed by atoms with van der Waals surface area (Å²) in [5.41, 5.74) is 2.92. The summed E-state index contributed by atoms with van der Waals surface area (Å²) in [5, 5.41) is 3.46. The first-order valence-corrected chi connectivity index (χ1v) is 7.24. The van der Waals surface area contributed by atoms with Crippen molar-refractivity contribution in [2.75, 3.05) is 6.54 Å². The van der Waals surface area contributed by atoms with E-state index in [4.69, 9.17) is 4.98 Å². The molecule has 0 saturated heterocycles. The van der Waals surface area contributed by atoms with Crippen LogP contribution in [0.1, 0.15) is 67.7 Å². The van der Waals surface area contributed by atoms with Crippen molar-refractivity contribution in [1.82, 2.24) is 14.9 Å². The summed E-state index contributed by atoms with van der Waals surface area (Å²) < 4.78 is 2.64. The number of imidazole rings is 1. The van der Waals surface area contributed by atoms with Crippen LogP contribution in [0.3, 0.4) is 0 Å². The van der Waals surface area contributed by atoms with E-state index >= 15 is 0 Å². The van der Waals surface area contributed by atoms with E-state index in [1.54, 1.807) is 5.69 Å². The average molecular weight is 231 g/mol. The van der Waals surface area contributed by atoms with Gasteiger partial charge >= 0.3 is 0 Å². The molecule has 17 heavy (non-hydrogen) atoms. The Bertz CT molecular complexity index is 425. The molecule has 2 fully saturated rings. The molecule has 0 spiro atoms. The van der Waals surface area contributed by atoms with E-state index in [0.29, 0.717) is 0 Å². The molecule has 3 nitrogen and oxygen atoms in total. The summed E-state index contributed by atoms with van der Waals surface area (Å²) in [6.07, 6.45) is 9.51. The summed E-state index contributed by atoms with van der Waals surface area (Å²) in [6.45, 7) is 2.13. The first kappa shape index (κ1) is 10.1. The van der Waals surface area contributed by atoms with Crippen LogP contribution >= 0.6 is 0 Å². The summed E-state index contributed by atoms with van der Waals surface area (Å²) in [6, 6.07) is 0.806. The van der Waals surface area contributed by atoms with Crippen LogP contribution in [0.25, 0.3) is 0 Å². The lowest BCUT2D eigenvalue weighted by molar-refractivity contribution is 0.561. The van der Waals surface area contributed by atoms with Crippen molar-refractivity contribution in [1.29, 1.82) is 0 Å². The smallest absolute Gasteiger partial charge is 0.112 e. The normalized spacial score (nSPS) is 25.2. The summed E-state index contributed by atoms with van der Waals surface area (Å²) in [5.74, 6) is 2.21. The minimum Gasteiger partial charge on any atom is -0.328 e. The standard InChI is InChI=1S/C14H21N3/c1-2-4-10(3-1)14-16-12-9-15-8-7-13(12)17(14)11-5-6-11/h10-11,15H,1-9H2. The maximum atomic E-state index is 4.99. The highest BCUT2D eigenvalue weighted by Gasteiger charge is 2.34. The summed E-state index contributed by atoms with van der Waals surface area (Å²) in [7, 11) is 0. The second-order valence-corrected chi connectivity index (χ2v) is 5.87. The highest BCUT2D eigenvalue weighted by molar-refractivity contribution is 5.24. The molecule has 4 rings (SSSR count). The Morgan fingerprint density at radius 3 is 2.71 bits per heavy atom.